The summed E-state index contributed by atoms with van der Waals surface area (Å²) < 4.78 is 17.4. The fourth-order valence-electron chi connectivity index (χ4n) is 2.47. The van der Waals surface area contributed by atoms with E-state index in [1.165, 1.54) is 25.8 Å². The molecule has 0 amide bonds. The average Bonchev–Trinajstić information content (AvgIpc) is 2.78. The average molecular weight is 373 g/mol. The molecule has 0 spiro atoms. The second-order valence-electron chi connectivity index (χ2n) is 7.16. The Morgan fingerprint density at radius 3 is 2.42 bits per heavy atom. The number of ether oxygens (including phenoxy) is 1. The summed E-state index contributed by atoms with van der Waals surface area (Å²) >= 11 is 1.21. The van der Waals surface area contributed by atoms with Crippen molar-refractivity contribution in [2.24, 2.45) is 0 Å². The van der Waals surface area contributed by atoms with Crippen LogP contribution in [0.5, 0.6) is 5.75 Å². The number of carbonyl (C=O) groups is 1. The lowest BCUT2D eigenvalue weighted by Crippen LogP contribution is -2.41. The van der Waals surface area contributed by atoms with E-state index in [0.717, 1.165) is 11.0 Å². The summed E-state index contributed by atoms with van der Waals surface area (Å²) in [5.41, 5.74) is 1.20. The van der Waals surface area contributed by atoms with Gasteiger partial charge in [-0.05, 0) is 50.9 Å². The zero-order valence-electron chi connectivity index (χ0n) is 16.1. The highest BCUT2D eigenvalue weighted by atomic mass is 32.2. The molecule has 0 aliphatic carbocycles. The molecule has 1 aromatic carbocycles. The Labute approximate surface area is 159 Å². The van der Waals surface area contributed by atoms with Crippen LogP contribution in [0.3, 0.4) is 0 Å². The second kappa shape index (κ2) is 7.87. The molecule has 0 bridgehead atoms. The van der Waals surface area contributed by atoms with Crippen LogP contribution in [0.4, 0.5) is 0 Å². The fraction of sp³-hybridized carbons (Fsp3) is 0.474. The van der Waals surface area contributed by atoms with E-state index in [2.05, 4.69) is 6.07 Å². The van der Waals surface area contributed by atoms with Gasteiger partial charge >= 0.3 is 7.12 Å². The highest BCUT2D eigenvalue weighted by Gasteiger charge is 2.52. The van der Waals surface area contributed by atoms with E-state index in [1.807, 2.05) is 39.8 Å². The van der Waals surface area contributed by atoms with Gasteiger partial charge in [0.2, 0.25) is 0 Å². The molecule has 0 N–H and O–H groups in total. The van der Waals surface area contributed by atoms with E-state index in [9.17, 15) is 10.1 Å². The highest BCUT2D eigenvalue weighted by Crippen LogP contribution is 2.39. The van der Waals surface area contributed by atoms with Crippen molar-refractivity contribution in [2.75, 3.05) is 12.9 Å². The first-order chi connectivity index (χ1) is 12.1. The monoisotopic (exact) mass is 373 g/mol. The quantitative estimate of drug-likeness (QED) is 0.730. The zero-order valence-corrected chi connectivity index (χ0v) is 16.9. The maximum Gasteiger partial charge on any atom is 0.491 e. The van der Waals surface area contributed by atoms with E-state index in [4.69, 9.17) is 14.0 Å². The normalized spacial score (nSPS) is 18.5. The van der Waals surface area contributed by atoms with Crippen molar-refractivity contribution in [2.45, 2.75) is 45.8 Å². The van der Waals surface area contributed by atoms with E-state index >= 15 is 0 Å². The predicted molar refractivity (Wildman–Crippen MR) is 105 cm³/mol. The fourth-order valence-corrected chi connectivity index (χ4v) is 3.06. The molecule has 138 valence electrons. The highest BCUT2D eigenvalue weighted by molar-refractivity contribution is 8.13. The minimum absolute atomic E-state index is 0.0277. The minimum atomic E-state index is -0.542. The van der Waals surface area contributed by atoms with E-state index < -0.39 is 18.3 Å². The van der Waals surface area contributed by atoms with Gasteiger partial charge < -0.3 is 14.0 Å². The molecule has 2 rings (SSSR count). The van der Waals surface area contributed by atoms with Crippen molar-refractivity contribution in [1.29, 1.82) is 5.26 Å². The Balaban J connectivity index is 2.38. The number of hydrogen-bond acceptors (Lipinski definition) is 6. The maximum atomic E-state index is 11.4. The molecule has 1 aliphatic heterocycles. The number of hydrogen-bond donors (Lipinski definition) is 0. The number of rotatable bonds is 5. The minimum Gasteiger partial charge on any atom is -0.495 e. The molecule has 1 heterocycles. The van der Waals surface area contributed by atoms with Crippen LogP contribution < -0.4 is 4.74 Å². The number of carbonyl (C=O) groups excluding carboxylic acids is 1. The molecule has 7 heteroatoms. The number of methoxy groups -OCH3 is 1. The van der Waals surface area contributed by atoms with E-state index in [-0.39, 0.29) is 5.12 Å². The maximum absolute atomic E-state index is 11.4. The molecular formula is C19H24BNO4S. The van der Waals surface area contributed by atoms with Gasteiger partial charge in [-0.2, -0.15) is 5.26 Å². The second-order valence-corrected chi connectivity index (χ2v) is 8.31. The van der Waals surface area contributed by atoms with Gasteiger partial charge in [0.15, 0.2) is 5.12 Å². The Bertz CT molecular complexity index is 751. The number of thioether (sulfide) groups is 1. The Morgan fingerprint density at radius 2 is 1.92 bits per heavy atom. The number of nitrogens with zero attached hydrogens (tertiary/aromatic N) is 1. The zero-order chi connectivity index (χ0) is 19.5. The predicted octanol–water partition coefficient (Wildman–Crippen LogP) is 3.86. The molecule has 0 saturated carbocycles. The third kappa shape index (κ3) is 4.50. The summed E-state index contributed by atoms with van der Waals surface area (Å²) in [7, 11) is 0.991. The van der Waals surface area contributed by atoms with Crippen molar-refractivity contribution in [1.82, 2.24) is 0 Å². The van der Waals surface area contributed by atoms with Crippen LogP contribution in [0.1, 0.15) is 45.7 Å². The molecular weight excluding hydrogens is 349 g/mol. The number of benzene rings is 1. The molecule has 1 aromatic rings. The van der Waals surface area contributed by atoms with Crippen molar-refractivity contribution in [3.8, 4) is 11.8 Å². The van der Waals surface area contributed by atoms with Gasteiger partial charge in [-0.1, -0.05) is 23.9 Å². The van der Waals surface area contributed by atoms with Crippen LogP contribution in [0.25, 0.3) is 6.08 Å². The van der Waals surface area contributed by atoms with Crippen LogP contribution in [0.2, 0.25) is 0 Å². The summed E-state index contributed by atoms with van der Waals surface area (Å²) in [6.07, 6.45) is 1.92. The Hall–Kier alpha value is -1.75. The molecule has 1 saturated heterocycles. The largest absolute Gasteiger partial charge is 0.495 e. The summed E-state index contributed by atoms with van der Waals surface area (Å²) in [4.78, 5) is 11.4. The first-order valence-electron chi connectivity index (χ1n) is 8.37. The summed E-state index contributed by atoms with van der Waals surface area (Å²) in [6.45, 7) is 9.50. The molecule has 0 aromatic heterocycles. The van der Waals surface area contributed by atoms with E-state index in [1.54, 1.807) is 12.1 Å². The molecule has 26 heavy (non-hydrogen) atoms. The molecule has 0 atom stereocenters. The topological polar surface area (TPSA) is 68.6 Å². The van der Waals surface area contributed by atoms with Gasteiger partial charge in [-0.15, -0.1) is 0 Å². The van der Waals surface area contributed by atoms with Crippen LogP contribution >= 0.6 is 11.8 Å². The first-order valence-corrected chi connectivity index (χ1v) is 9.36. The van der Waals surface area contributed by atoms with Crippen molar-refractivity contribution >= 4 is 30.1 Å². The van der Waals surface area contributed by atoms with Gasteiger partial charge in [0, 0.05) is 12.7 Å². The van der Waals surface area contributed by atoms with Gasteiger partial charge in [0.25, 0.3) is 0 Å². The lowest BCUT2D eigenvalue weighted by Gasteiger charge is -2.32. The van der Waals surface area contributed by atoms with Gasteiger partial charge in [0.1, 0.15) is 11.8 Å². The summed E-state index contributed by atoms with van der Waals surface area (Å²) in [6, 6.07) is 7.50. The first kappa shape index (κ1) is 20.6. The molecule has 1 fully saturated rings. The lowest BCUT2D eigenvalue weighted by molar-refractivity contribution is -0.109. The third-order valence-electron chi connectivity index (χ3n) is 4.69. The molecule has 1 aliphatic rings. The molecule has 0 unspecified atom stereocenters. The Kier molecular flexibility index (Phi) is 6.23. The van der Waals surface area contributed by atoms with Crippen LogP contribution in [-0.2, 0) is 14.1 Å². The summed E-state index contributed by atoms with van der Waals surface area (Å²) in [5.74, 6) is 0.986. The molecule has 5 nitrogen and oxygen atoms in total. The lowest BCUT2D eigenvalue weighted by atomic mass is 9.78. The van der Waals surface area contributed by atoms with Crippen LogP contribution in [0.15, 0.2) is 23.7 Å². The third-order valence-corrected chi connectivity index (χ3v) is 5.58. The van der Waals surface area contributed by atoms with Gasteiger partial charge in [0.05, 0.1) is 23.9 Å². The van der Waals surface area contributed by atoms with Crippen molar-refractivity contribution < 1.29 is 18.8 Å². The smallest absolute Gasteiger partial charge is 0.491 e. The standard InChI is InChI=1S/C19H24BNO4S/c1-13(22)26-12-16(20-24-18(2,3)19(4,5)25-20)10-14-7-8-17(23-6)15(9-14)11-21/h7-10H,12H2,1-6H3. The van der Waals surface area contributed by atoms with Gasteiger partial charge in [-0.3, -0.25) is 4.79 Å². The van der Waals surface area contributed by atoms with Crippen LogP contribution in [0, 0.1) is 11.3 Å². The summed E-state index contributed by atoms with van der Waals surface area (Å²) in [5, 5.41) is 9.31. The SMILES string of the molecule is COc1ccc(C=C(CSC(C)=O)B2OC(C)(C)C(C)(C)O2)cc1C#N. The molecule has 0 radical (unpaired) electrons. The van der Waals surface area contributed by atoms with Crippen molar-refractivity contribution in [3.63, 3.8) is 0 Å². The van der Waals surface area contributed by atoms with Crippen LogP contribution in [-0.4, -0.2) is 36.3 Å². The number of nitriles is 1. The van der Waals surface area contributed by atoms with E-state index in [0.29, 0.717) is 17.1 Å². The van der Waals surface area contributed by atoms with Crippen molar-refractivity contribution in [3.05, 3.63) is 34.8 Å². The Morgan fingerprint density at radius 1 is 1.31 bits per heavy atom. The van der Waals surface area contributed by atoms with Gasteiger partial charge in [-0.25, -0.2) is 0 Å².